The van der Waals surface area contributed by atoms with Crippen LogP contribution in [0.15, 0.2) is 59.7 Å². The molecule has 0 atom stereocenters. The summed E-state index contributed by atoms with van der Waals surface area (Å²) in [5.41, 5.74) is 4.02. The number of carbonyl (C=O) groups is 2. The molecule has 0 aliphatic heterocycles. The molecule has 3 N–H and O–H groups in total. The van der Waals surface area contributed by atoms with E-state index in [1.807, 2.05) is 0 Å². The number of H-pyrrole nitrogens is 1. The third-order valence-corrected chi connectivity index (χ3v) is 3.52. The molecule has 0 unspecified atom stereocenters. The van der Waals surface area contributed by atoms with Crippen molar-refractivity contribution in [2.24, 2.45) is 5.10 Å². The van der Waals surface area contributed by atoms with Crippen LogP contribution in [0.2, 0.25) is 0 Å². The zero-order valence-electron chi connectivity index (χ0n) is 13.3. The molecule has 0 saturated heterocycles. The molecule has 3 rings (SSSR count). The Labute approximate surface area is 147 Å². The van der Waals surface area contributed by atoms with Gasteiger partial charge in [0, 0.05) is 11.1 Å². The number of hydrogen-bond donors (Lipinski definition) is 3. The second kappa shape index (κ2) is 7.39. The van der Waals surface area contributed by atoms with Crippen LogP contribution in [0.5, 0.6) is 0 Å². The number of rotatable bonds is 5. The standard InChI is InChI=1S/C18H13FN4O3/c19-13-7-5-11(6-8-13)15-9-16(22-21-15)17(24)23-20-10-12-3-1-2-4-14(12)18(25)26/h1-10H,(H,21,22)(H,23,24)(H,25,26). The number of aromatic carboxylic acids is 1. The Morgan fingerprint density at radius 3 is 2.62 bits per heavy atom. The van der Waals surface area contributed by atoms with Crippen molar-refractivity contribution in [1.82, 2.24) is 15.6 Å². The minimum atomic E-state index is -1.09. The van der Waals surface area contributed by atoms with E-state index in [1.165, 1.54) is 30.5 Å². The maximum Gasteiger partial charge on any atom is 0.336 e. The lowest BCUT2D eigenvalue weighted by molar-refractivity contribution is 0.0696. The summed E-state index contributed by atoms with van der Waals surface area (Å²) in [4.78, 5) is 23.2. The van der Waals surface area contributed by atoms with Gasteiger partial charge in [0.15, 0.2) is 0 Å². The molecule has 1 amide bonds. The van der Waals surface area contributed by atoms with Crippen LogP contribution >= 0.6 is 0 Å². The van der Waals surface area contributed by atoms with Gasteiger partial charge in [-0.15, -0.1) is 0 Å². The van der Waals surface area contributed by atoms with Crippen molar-refractivity contribution in [2.75, 3.05) is 0 Å². The van der Waals surface area contributed by atoms with Crippen LogP contribution in [0.25, 0.3) is 11.3 Å². The fourth-order valence-corrected chi connectivity index (χ4v) is 2.23. The first-order valence-electron chi connectivity index (χ1n) is 7.51. The summed E-state index contributed by atoms with van der Waals surface area (Å²) in [5.74, 6) is -2.00. The van der Waals surface area contributed by atoms with E-state index >= 15 is 0 Å². The van der Waals surface area contributed by atoms with Crippen LogP contribution in [-0.2, 0) is 0 Å². The maximum absolute atomic E-state index is 12.9. The van der Waals surface area contributed by atoms with Gasteiger partial charge in [0.2, 0.25) is 0 Å². The predicted octanol–water partition coefficient (Wildman–Crippen LogP) is 2.68. The molecule has 0 bridgehead atoms. The first kappa shape index (κ1) is 17.0. The number of carbonyl (C=O) groups excluding carboxylic acids is 1. The Kier molecular flexibility index (Phi) is 4.84. The highest BCUT2D eigenvalue weighted by molar-refractivity contribution is 5.99. The average molecular weight is 352 g/mol. The SMILES string of the molecule is O=C(NN=Cc1ccccc1C(=O)O)c1cc(-c2ccc(F)cc2)n[nH]1. The van der Waals surface area contributed by atoms with Gasteiger partial charge in [-0.1, -0.05) is 18.2 Å². The van der Waals surface area contributed by atoms with Gasteiger partial charge in [0.05, 0.1) is 17.5 Å². The maximum atomic E-state index is 12.9. The average Bonchev–Trinajstić information content (AvgIpc) is 3.13. The number of benzene rings is 2. The zero-order valence-corrected chi connectivity index (χ0v) is 13.3. The van der Waals surface area contributed by atoms with E-state index in [4.69, 9.17) is 5.11 Å². The largest absolute Gasteiger partial charge is 0.478 e. The van der Waals surface area contributed by atoms with Crippen LogP contribution in [0, 0.1) is 5.82 Å². The van der Waals surface area contributed by atoms with Crippen LogP contribution in [-0.4, -0.2) is 33.4 Å². The molecule has 0 fully saturated rings. The smallest absolute Gasteiger partial charge is 0.336 e. The van der Waals surface area contributed by atoms with Gasteiger partial charge in [-0.3, -0.25) is 9.89 Å². The highest BCUT2D eigenvalue weighted by atomic mass is 19.1. The monoisotopic (exact) mass is 352 g/mol. The van der Waals surface area contributed by atoms with Crippen molar-refractivity contribution in [1.29, 1.82) is 0 Å². The zero-order chi connectivity index (χ0) is 18.5. The highest BCUT2D eigenvalue weighted by Crippen LogP contribution is 2.17. The number of aromatic nitrogens is 2. The molecule has 0 saturated carbocycles. The molecule has 2 aromatic carbocycles. The van der Waals surface area contributed by atoms with Gasteiger partial charge in [-0.25, -0.2) is 14.6 Å². The Morgan fingerprint density at radius 2 is 1.88 bits per heavy atom. The van der Waals surface area contributed by atoms with Gasteiger partial charge in [-0.05, 0) is 36.4 Å². The third-order valence-electron chi connectivity index (χ3n) is 3.52. The van der Waals surface area contributed by atoms with Crippen molar-refractivity contribution in [3.8, 4) is 11.3 Å². The topological polar surface area (TPSA) is 107 Å². The Hall–Kier alpha value is -3.81. The number of aromatic amines is 1. The van der Waals surface area contributed by atoms with E-state index in [-0.39, 0.29) is 17.1 Å². The molecule has 3 aromatic rings. The lowest BCUT2D eigenvalue weighted by Gasteiger charge is -2.00. The van der Waals surface area contributed by atoms with Crippen molar-refractivity contribution in [2.45, 2.75) is 0 Å². The van der Waals surface area contributed by atoms with E-state index < -0.39 is 11.9 Å². The van der Waals surface area contributed by atoms with Crippen LogP contribution in [0.3, 0.4) is 0 Å². The summed E-state index contributed by atoms with van der Waals surface area (Å²) >= 11 is 0. The molecule has 0 spiro atoms. The molecule has 130 valence electrons. The van der Waals surface area contributed by atoms with E-state index in [1.54, 1.807) is 30.3 Å². The first-order chi connectivity index (χ1) is 12.5. The van der Waals surface area contributed by atoms with Crippen molar-refractivity contribution in [3.05, 3.63) is 77.2 Å². The number of nitrogens with one attached hydrogen (secondary N) is 2. The number of hydrogen-bond acceptors (Lipinski definition) is 4. The molecular weight excluding hydrogens is 339 g/mol. The second-order valence-electron chi connectivity index (χ2n) is 5.27. The lowest BCUT2D eigenvalue weighted by Crippen LogP contribution is -2.18. The molecule has 1 heterocycles. The van der Waals surface area contributed by atoms with Crippen LogP contribution < -0.4 is 5.43 Å². The molecule has 0 aliphatic rings. The number of halogens is 1. The fraction of sp³-hybridized carbons (Fsp3) is 0. The summed E-state index contributed by atoms with van der Waals surface area (Å²) in [6, 6.07) is 13.5. The van der Waals surface area contributed by atoms with E-state index in [0.29, 0.717) is 16.8 Å². The Morgan fingerprint density at radius 1 is 1.15 bits per heavy atom. The quantitative estimate of drug-likeness (QED) is 0.485. The van der Waals surface area contributed by atoms with Gasteiger partial charge in [0.25, 0.3) is 5.91 Å². The highest BCUT2D eigenvalue weighted by Gasteiger charge is 2.11. The van der Waals surface area contributed by atoms with Crippen molar-refractivity contribution < 1.29 is 19.1 Å². The van der Waals surface area contributed by atoms with Gasteiger partial charge < -0.3 is 5.11 Å². The van der Waals surface area contributed by atoms with Crippen molar-refractivity contribution >= 4 is 18.1 Å². The molecule has 0 radical (unpaired) electrons. The number of carboxylic acid groups (broad SMARTS) is 1. The Balaban J connectivity index is 1.70. The fourth-order valence-electron chi connectivity index (χ4n) is 2.23. The number of nitrogens with zero attached hydrogens (tertiary/aromatic N) is 2. The summed E-state index contributed by atoms with van der Waals surface area (Å²) in [5, 5.41) is 19.4. The van der Waals surface area contributed by atoms with E-state index in [0.717, 1.165) is 0 Å². The summed E-state index contributed by atoms with van der Waals surface area (Å²) in [6.45, 7) is 0. The minimum Gasteiger partial charge on any atom is -0.478 e. The second-order valence-corrected chi connectivity index (χ2v) is 5.27. The molecule has 0 aliphatic carbocycles. The minimum absolute atomic E-state index is 0.0747. The third kappa shape index (κ3) is 3.81. The van der Waals surface area contributed by atoms with E-state index in [2.05, 4.69) is 20.7 Å². The van der Waals surface area contributed by atoms with Gasteiger partial charge >= 0.3 is 5.97 Å². The Bertz CT molecular complexity index is 980. The molecule has 8 heteroatoms. The van der Waals surface area contributed by atoms with E-state index in [9.17, 15) is 14.0 Å². The molecule has 26 heavy (non-hydrogen) atoms. The van der Waals surface area contributed by atoms with Crippen molar-refractivity contribution in [3.63, 3.8) is 0 Å². The summed E-state index contributed by atoms with van der Waals surface area (Å²) in [7, 11) is 0. The predicted molar refractivity (Wildman–Crippen MR) is 92.4 cm³/mol. The normalized spacial score (nSPS) is 10.8. The number of carboxylic acids is 1. The van der Waals surface area contributed by atoms with Crippen LogP contribution in [0.1, 0.15) is 26.4 Å². The summed E-state index contributed by atoms with van der Waals surface area (Å²) < 4.78 is 12.9. The molecular formula is C18H13FN4O3. The van der Waals surface area contributed by atoms with Crippen LogP contribution in [0.4, 0.5) is 4.39 Å². The van der Waals surface area contributed by atoms with Gasteiger partial charge in [-0.2, -0.15) is 10.2 Å². The lowest BCUT2D eigenvalue weighted by atomic mass is 10.1. The van der Waals surface area contributed by atoms with Gasteiger partial charge in [0.1, 0.15) is 11.5 Å². The molecule has 7 nitrogen and oxygen atoms in total. The summed E-state index contributed by atoms with van der Waals surface area (Å²) in [6.07, 6.45) is 1.25. The number of amides is 1. The number of hydrazone groups is 1. The molecule has 1 aromatic heterocycles. The first-order valence-corrected chi connectivity index (χ1v) is 7.51.